The first kappa shape index (κ1) is 13.2. The molecule has 0 aliphatic carbocycles. The van der Waals surface area contributed by atoms with Crippen LogP contribution < -0.4 is 0 Å². The van der Waals surface area contributed by atoms with Gasteiger partial charge in [0.15, 0.2) is 10.8 Å². The second-order valence-electron chi connectivity index (χ2n) is 4.02. The fourth-order valence-corrected chi connectivity index (χ4v) is 2.17. The van der Waals surface area contributed by atoms with Crippen LogP contribution in [0.4, 0.5) is 0 Å². The van der Waals surface area contributed by atoms with Crippen molar-refractivity contribution in [3.63, 3.8) is 0 Å². The molecule has 2 N–H and O–H groups in total. The van der Waals surface area contributed by atoms with Crippen molar-refractivity contribution in [1.29, 1.82) is 0 Å². The number of aromatic nitrogens is 4. The van der Waals surface area contributed by atoms with Gasteiger partial charge in [-0.1, -0.05) is 11.6 Å². The normalized spacial score (nSPS) is 13.1. The molecular weight excluding hydrogens is 256 g/mol. The Labute approximate surface area is 109 Å². The molecule has 0 aliphatic heterocycles. The molecule has 0 saturated carbocycles. The Morgan fingerprint density at radius 3 is 2.72 bits per heavy atom. The molecule has 1 unspecified atom stereocenters. The molecule has 0 fully saturated rings. The highest BCUT2D eigenvalue weighted by molar-refractivity contribution is 6.33. The predicted molar refractivity (Wildman–Crippen MR) is 67.4 cm³/mol. The summed E-state index contributed by atoms with van der Waals surface area (Å²) in [4.78, 5) is 12.2. The lowest BCUT2D eigenvalue weighted by atomic mass is 10.1. The highest BCUT2D eigenvalue weighted by Gasteiger charge is 2.16. The summed E-state index contributed by atoms with van der Waals surface area (Å²) >= 11 is 5.94. The molecule has 0 bridgehead atoms. The number of halogens is 1. The van der Waals surface area contributed by atoms with Gasteiger partial charge in [-0.05, 0) is 19.3 Å². The third-order valence-electron chi connectivity index (χ3n) is 2.87. The first-order valence-corrected chi connectivity index (χ1v) is 6.20. The van der Waals surface area contributed by atoms with Crippen molar-refractivity contribution in [2.24, 2.45) is 0 Å². The lowest BCUT2D eigenvalue weighted by molar-refractivity contribution is 0.234. The molecular formula is C11H15ClN4O2. The van der Waals surface area contributed by atoms with E-state index in [4.69, 9.17) is 21.8 Å². The minimum atomic E-state index is 0.0538. The quantitative estimate of drug-likeness (QED) is 0.770. The monoisotopic (exact) mass is 270 g/mol. The number of hydrogen-bond acceptors (Lipinski definition) is 5. The molecule has 2 aromatic heterocycles. The van der Waals surface area contributed by atoms with Crippen molar-refractivity contribution in [2.45, 2.75) is 25.3 Å². The van der Waals surface area contributed by atoms with Crippen molar-refractivity contribution in [1.82, 2.24) is 19.5 Å². The van der Waals surface area contributed by atoms with Crippen molar-refractivity contribution < 1.29 is 10.2 Å². The van der Waals surface area contributed by atoms with Crippen LogP contribution in [0.1, 0.15) is 25.3 Å². The fourth-order valence-electron chi connectivity index (χ4n) is 1.99. The number of imidazole rings is 1. The largest absolute Gasteiger partial charge is 0.396 e. The molecule has 1 atom stereocenters. The summed E-state index contributed by atoms with van der Waals surface area (Å²) in [7, 11) is 0. The van der Waals surface area contributed by atoms with Crippen LogP contribution in [-0.4, -0.2) is 42.9 Å². The molecule has 6 nitrogen and oxygen atoms in total. The van der Waals surface area contributed by atoms with Gasteiger partial charge in [-0.2, -0.15) is 0 Å². The smallest absolute Gasteiger partial charge is 0.165 e. The Morgan fingerprint density at radius 2 is 2.00 bits per heavy atom. The lowest BCUT2D eigenvalue weighted by Gasteiger charge is -2.17. The highest BCUT2D eigenvalue weighted by Crippen LogP contribution is 2.24. The van der Waals surface area contributed by atoms with E-state index >= 15 is 0 Å². The minimum absolute atomic E-state index is 0.0538. The van der Waals surface area contributed by atoms with E-state index in [1.165, 1.54) is 6.33 Å². The van der Waals surface area contributed by atoms with Crippen molar-refractivity contribution in [3.05, 3.63) is 17.8 Å². The van der Waals surface area contributed by atoms with Gasteiger partial charge in [-0.25, -0.2) is 15.0 Å². The van der Waals surface area contributed by atoms with Crippen molar-refractivity contribution in [3.8, 4) is 0 Å². The third-order valence-corrected chi connectivity index (χ3v) is 3.14. The highest BCUT2D eigenvalue weighted by atomic mass is 35.5. The number of rotatable bonds is 6. The Morgan fingerprint density at radius 1 is 1.17 bits per heavy atom. The van der Waals surface area contributed by atoms with E-state index in [9.17, 15) is 0 Å². The number of aliphatic hydroxyl groups is 2. The van der Waals surface area contributed by atoms with Crippen LogP contribution in [0.2, 0.25) is 5.15 Å². The third kappa shape index (κ3) is 2.60. The Hall–Kier alpha value is -1.24. The van der Waals surface area contributed by atoms with Gasteiger partial charge in [0, 0.05) is 19.3 Å². The lowest BCUT2D eigenvalue weighted by Crippen LogP contribution is -2.11. The molecule has 0 amide bonds. The minimum Gasteiger partial charge on any atom is -0.396 e. The molecule has 2 rings (SSSR count). The molecule has 0 spiro atoms. The van der Waals surface area contributed by atoms with Gasteiger partial charge in [-0.3, -0.25) is 0 Å². The van der Waals surface area contributed by atoms with Crippen LogP contribution in [0, 0.1) is 0 Å². The van der Waals surface area contributed by atoms with Crippen LogP contribution in [0.3, 0.4) is 0 Å². The maximum absolute atomic E-state index is 9.11. The molecule has 2 heterocycles. The van der Waals surface area contributed by atoms with E-state index in [0.717, 1.165) is 6.42 Å². The van der Waals surface area contributed by atoms with E-state index in [-0.39, 0.29) is 19.3 Å². The SMILES string of the molecule is OCCCC(CCO)n1cnc2c(Cl)ncnc21. The zero-order valence-electron chi connectivity index (χ0n) is 9.83. The summed E-state index contributed by atoms with van der Waals surface area (Å²) in [6, 6.07) is 0.0538. The van der Waals surface area contributed by atoms with Gasteiger partial charge in [0.2, 0.25) is 0 Å². The van der Waals surface area contributed by atoms with Crippen LogP contribution in [0.15, 0.2) is 12.7 Å². The van der Waals surface area contributed by atoms with E-state index in [1.54, 1.807) is 6.33 Å². The van der Waals surface area contributed by atoms with E-state index in [1.807, 2.05) is 4.57 Å². The van der Waals surface area contributed by atoms with E-state index in [2.05, 4.69) is 15.0 Å². The number of nitrogens with zero attached hydrogens (tertiary/aromatic N) is 4. The van der Waals surface area contributed by atoms with E-state index in [0.29, 0.717) is 29.2 Å². The Kier molecular flexibility index (Phi) is 4.46. The van der Waals surface area contributed by atoms with Gasteiger partial charge in [0.1, 0.15) is 11.8 Å². The summed E-state index contributed by atoms with van der Waals surface area (Å²) in [5.74, 6) is 0. The van der Waals surface area contributed by atoms with Crippen LogP contribution in [0.5, 0.6) is 0 Å². The molecule has 0 aromatic carbocycles. The molecule has 98 valence electrons. The van der Waals surface area contributed by atoms with Crippen molar-refractivity contribution in [2.75, 3.05) is 13.2 Å². The summed E-state index contributed by atoms with van der Waals surface area (Å²) < 4.78 is 1.88. The van der Waals surface area contributed by atoms with Gasteiger partial charge in [-0.15, -0.1) is 0 Å². The fraction of sp³-hybridized carbons (Fsp3) is 0.545. The maximum Gasteiger partial charge on any atom is 0.165 e. The molecule has 0 radical (unpaired) electrons. The average Bonchev–Trinajstić information content (AvgIpc) is 2.80. The summed E-state index contributed by atoms with van der Waals surface area (Å²) in [6.45, 7) is 0.207. The molecule has 18 heavy (non-hydrogen) atoms. The summed E-state index contributed by atoms with van der Waals surface area (Å²) in [6.07, 6.45) is 5.06. The number of hydrogen-bond donors (Lipinski definition) is 2. The molecule has 0 saturated heterocycles. The molecule has 2 aromatic rings. The van der Waals surface area contributed by atoms with Gasteiger partial charge in [0.25, 0.3) is 0 Å². The molecule has 7 heteroatoms. The zero-order valence-corrected chi connectivity index (χ0v) is 10.6. The Balaban J connectivity index is 2.34. The van der Waals surface area contributed by atoms with Crippen molar-refractivity contribution >= 4 is 22.8 Å². The predicted octanol–water partition coefficient (Wildman–Crippen LogP) is 1.18. The first-order chi connectivity index (χ1) is 8.77. The summed E-state index contributed by atoms with van der Waals surface area (Å²) in [5.41, 5.74) is 1.22. The maximum atomic E-state index is 9.11. The number of fused-ring (bicyclic) bond motifs is 1. The Bertz CT molecular complexity index is 517. The van der Waals surface area contributed by atoms with Crippen LogP contribution >= 0.6 is 11.6 Å². The zero-order chi connectivity index (χ0) is 13.0. The topological polar surface area (TPSA) is 84.1 Å². The first-order valence-electron chi connectivity index (χ1n) is 5.82. The van der Waals surface area contributed by atoms with Gasteiger partial charge >= 0.3 is 0 Å². The molecule has 0 aliphatic rings. The van der Waals surface area contributed by atoms with Gasteiger partial charge in [0.05, 0.1) is 6.33 Å². The van der Waals surface area contributed by atoms with Crippen LogP contribution in [-0.2, 0) is 0 Å². The second-order valence-corrected chi connectivity index (χ2v) is 4.38. The van der Waals surface area contributed by atoms with E-state index < -0.39 is 0 Å². The number of aliphatic hydroxyl groups excluding tert-OH is 2. The summed E-state index contributed by atoms with van der Waals surface area (Å²) in [5, 5.41) is 18.3. The standard InChI is InChI=1S/C11H15ClN4O2/c12-10-9-11(14-6-13-10)16(7-15-9)8(3-5-18)2-1-4-17/h6-8,17-18H,1-5H2. The van der Waals surface area contributed by atoms with Gasteiger partial charge < -0.3 is 14.8 Å². The average molecular weight is 271 g/mol. The second kappa shape index (κ2) is 6.08. The van der Waals surface area contributed by atoms with Crippen LogP contribution in [0.25, 0.3) is 11.2 Å².